The molecule has 1 saturated carbocycles. The van der Waals surface area contributed by atoms with Gasteiger partial charge in [0.25, 0.3) is 0 Å². The second-order valence-corrected chi connectivity index (χ2v) is 6.59. The molecular formula is C17H25N. The van der Waals surface area contributed by atoms with E-state index in [0.29, 0.717) is 0 Å². The maximum atomic E-state index is 3.55. The van der Waals surface area contributed by atoms with Crippen LogP contribution in [0.25, 0.3) is 0 Å². The molecule has 98 valence electrons. The highest BCUT2D eigenvalue weighted by Crippen LogP contribution is 2.45. The molecule has 3 atom stereocenters. The fourth-order valence-corrected chi connectivity index (χ4v) is 4.33. The molecule has 1 fully saturated rings. The van der Waals surface area contributed by atoms with Gasteiger partial charge in [-0.15, -0.1) is 0 Å². The summed E-state index contributed by atoms with van der Waals surface area (Å²) in [4.78, 5) is 0. The first-order valence-electron chi connectivity index (χ1n) is 7.57. The Hall–Kier alpha value is -0.980. The van der Waals surface area contributed by atoms with E-state index in [-0.39, 0.29) is 0 Å². The average molecular weight is 243 g/mol. The van der Waals surface area contributed by atoms with Crippen molar-refractivity contribution in [2.24, 2.45) is 17.8 Å². The highest BCUT2D eigenvalue weighted by Gasteiger charge is 2.32. The van der Waals surface area contributed by atoms with Gasteiger partial charge in [0.15, 0.2) is 0 Å². The van der Waals surface area contributed by atoms with Crippen molar-refractivity contribution in [3.63, 3.8) is 0 Å². The minimum absolute atomic E-state index is 0.799. The van der Waals surface area contributed by atoms with Gasteiger partial charge in [-0.25, -0.2) is 0 Å². The van der Waals surface area contributed by atoms with E-state index in [1.54, 1.807) is 5.56 Å². The fraction of sp³-hybridized carbons (Fsp3) is 0.647. The summed E-state index contributed by atoms with van der Waals surface area (Å²) in [5.41, 5.74) is 2.97. The van der Waals surface area contributed by atoms with Gasteiger partial charge in [0.1, 0.15) is 0 Å². The molecule has 3 unspecified atom stereocenters. The summed E-state index contributed by atoms with van der Waals surface area (Å²) in [5, 5.41) is 3.55. The molecule has 1 heterocycles. The quantitative estimate of drug-likeness (QED) is 0.756. The SMILES string of the molecule is CC1CC(C)CC(C2CCNc3ccccc32)C1. The fourth-order valence-electron chi connectivity index (χ4n) is 4.33. The first-order chi connectivity index (χ1) is 8.74. The van der Waals surface area contributed by atoms with Crippen molar-refractivity contribution in [2.45, 2.75) is 45.4 Å². The summed E-state index contributed by atoms with van der Waals surface area (Å²) in [6.07, 6.45) is 5.62. The molecule has 0 spiro atoms. The van der Waals surface area contributed by atoms with Gasteiger partial charge in [-0.05, 0) is 61.0 Å². The lowest BCUT2D eigenvalue weighted by Crippen LogP contribution is -2.28. The molecule has 18 heavy (non-hydrogen) atoms. The molecule has 1 N–H and O–H groups in total. The standard InChI is InChI=1S/C17H25N/c1-12-9-13(2)11-14(10-12)15-7-8-18-17-6-4-3-5-16(15)17/h3-6,12-15,18H,7-11H2,1-2H3. The number of rotatable bonds is 1. The van der Waals surface area contributed by atoms with Crippen molar-refractivity contribution < 1.29 is 0 Å². The van der Waals surface area contributed by atoms with Gasteiger partial charge in [-0.1, -0.05) is 32.0 Å². The number of para-hydroxylation sites is 1. The van der Waals surface area contributed by atoms with Crippen LogP contribution in [0.15, 0.2) is 24.3 Å². The van der Waals surface area contributed by atoms with Crippen LogP contribution in [0.3, 0.4) is 0 Å². The van der Waals surface area contributed by atoms with Crippen molar-refractivity contribution >= 4 is 5.69 Å². The molecule has 1 aromatic rings. The molecule has 2 aliphatic rings. The van der Waals surface area contributed by atoms with E-state index >= 15 is 0 Å². The molecule has 0 radical (unpaired) electrons. The molecule has 0 saturated heterocycles. The Morgan fingerprint density at radius 1 is 1.00 bits per heavy atom. The summed E-state index contributed by atoms with van der Waals surface area (Å²) in [6.45, 7) is 6.03. The Bertz CT molecular complexity index is 402. The Kier molecular flexibility index (Phi) is 3.32. The lowest BCUT2D eigenvalue weighted by Gasteiger charge is -2.39. The van der Waals surface area contributed by atoms with Crippen molar-refractivity contribution in [3.8, 4) is 0 Å². The Balaban J connectivity index is 1.85. The molecule has 3 rings (SSSR count). The van der Waals surface area contributed by atoms with Crippen LogP contribution in [0.4, 0.5) is 5.69 Å². The predicted molar refractivity (Wildman–Crippen MR) is 78.0 cm³/mol. The third-order valence-corrected chi connectivity index (χ3v) is 4.92. The Morgan fingerprint density at radius 3 is 2.50 bits per heavy atom. The van der Waals surface area contributed by atoms with Crippen LogP contribution in [-0.4, -0.2) is 6.54 Å². The number of hydrogen-bond donors (Lipinski definition) is 1. The van der Waals surface area contributed by atoms with Gasteiger partial charge in [0.2, 0.25) is 0 Å². The zero-order valence-corrected chi connectivity index (χ0v) is 11.7. The summed E-state index contributed by atoms with van der Waals surface area (Å²) >= 11 is 0. The second kappa shape index (κ2) is 4.95. The lowest BCUT2D eigenvalue weighted by molar-refractivity contribution is 0.187. The van der Waals surface area contributed by atoms with E-state index in [4.69, 9.17) is 0 Å². The van der Waals surface area contributed by atoms with Gasteiger partial charge < -0.3 is 5.32 Å². The van der Waals surface area contributed by atoms with Crippen LogP contribution in [0.5, 0.6) is 0 Å². The van der Waals surface area contributed by atoms with Crippen LogP contribution >= 0.6 is 0 Å². The van der Waals surface area contributed by atoms with E-state index in [1.165, 1.54) is 31.4 Å². The van der Waals surface area contributed by atoms with E-state index in [0.717, 1.165) is 30.2 Å². The van der Waals surface area contributed by atoms with Gasteiger partial charge in [0.05, 0.1) is 0 Å². The number of benzene rings is 1. The minimum atomic E-state index is 0.799. The topological polar surface area (TPSA) is 12.0 Å². The summed E-state index contributed by atoms with van der Waals surface area (Å²) in [7, 11) is 0. The summed E-state index contributed by atoms with van der Waals surface area (Å²) in [6, 6.07) is 8.95. The summed E-state index contributed by atoms with van der Waals surface area (Å²) in [5.74, 6) is 3.54. The van der Waals surface area contributed by atoms with E-state index < -0.39 is 0 Å². The van der Waals surface area contributed by atoms with Crippen LogP contribution in [-0.2, 0) is 0 Å². The first kappa shape index (κ1) is 12.1. The van der Waals surface area contributed by atoms with Crippen LogP contribution in [0.1, 0.15) is 51.0 Å². The van der Waals surface area contributed by atoms with Gasteiger partial charge in [0, 0.05) is 12.2 Å². The number of anilines is 1. The minimum Gasteiger partial charge on any atom is -0.385 e. The Morgan fingerprint density at radius 2 is 1.72 bits per heavy atom. The molecule has 1 aliphatic carbocycles. The molecule has 1 nitrogen and oxygen atoms in total. The second-order valence-electron chi connectivity index (χ2n) is 6.59. The number of nitrogens with one attached hydrogen (secondary N) is 1. The highest BCUT2D eigenvalue weighted by molar-refractivity contribution is 5.54. The lowest BCUT2D eigenvalue weighted by atomic mass is 9.68. The normalized spacial score (nSPS) is 35.7. The van der Waals surface area contributed by atoms with Gasteiger partial charge in [-0.3, -0.25) is 0 Å². The smallest absolute Gasteiger partial charge is 0.0375 e. The number of fused-ring (bicyclic) bond motifs is 1. The maximum Gasteiger partial charge on any atom is 0.0375 e. The predicted octanol–water partition coefficient (Wildman–Crippen LogP) is 4.66. The van der Waals surface area contributed by atoms with Crippen molar-refractivity contribution in [2.75, 3.05) is 11.9 Å². The zero-order chi connectivity index (χ0) is 12.5. The van der Waals surface area contributed by atoms with Crippen LogP contribution in [0.2, 0.25) is 0 Å². The molecule has 1 aliphatic heterocycles. The average Bonchev–Trinajstić information content (AvgIpc) is 2.37. The third kappa shape index (κ3) is 2.28. The molecule has 0 amide bonds. The van der Waals surface area contributed by atoms with Crippen LogP contribution in [0, 0.1) is 17.8 Å². The van der Waals surface area contributed by atoms with Crippen LogP contribution < -0.4 is 5.32 Å². The molecule has 0 aromatic heterocycles. The largest absolute Gasteiger partial charge is 0.385 e. The maximum absolute atomic E-state index is 3.55. The van der Waals surface area contributed by atoms with Gasteiger partial charge in [-0.2, -0.15) is 0 Å². The van der Waals surface area contributed by atoms with Crippen molar-refractivity contribution in [1.82, 2.24) is 0 Å². The van der Waals surface area contributed by atoms with E-state index in [9.17, 15) is 0 Å². The molecular weight excluding hydrogens is 218 g/mol. The third-order valence-electron chi connectivity index (χ3n) is 4.92. The van der Waals surface area contributed by atoms with Gasteiger partial charge >= 0.3 is 0 Å². The zero-order valence-electron chi connectivity index (χ0n) is 11.7. The van der Waals surface area contributed by atoms with Crippen molar-refractivity contribution in [1.29, 1.82) is 0 Å². The molecule has 1 heteroatoms. The monoisotopic (exact) mass is 243 g/mol. The van der Waals surface area contributed by atoms with E-state index in [2.05, 4.69) is 43.4 Å². The van der Waals surface area contributed by atoms with E-state index in [1.807, 2.05) is 0 Å². The molecule has 0 bridgehead atoms. The highest BCUT2D eigenvalue weighted by atomic mass is 14.9. The van der Waals surface area contributed by atoms with Crippen molar-refractivity contribution in [3.05, 3.63) is 29.8 Å². The Labute approximate surface area is 111 Å². The molecule has 1 aromatic carbocycles. The summed E-state index contributed by atoms with van der Waals surface area (Å²) < 4.78 is 0. The number of hydrogen-bond acceptors (Lipinski definition) is 1. The first-order valence-corrected chi connectivity index (χ1v) is 7.57.